The van der Waals surface area contributed by atoms with Crippen LogP contribution in [0.15, 0.2) is 47.8 Å². The summed E-state index contributed by atoms with van der Waals surface area (Å²) in [5.41, 5.74) is 1.78. The van der Waals surface area contributed by atoms with Crippen LogP contribution in [-0.4, -0.2) is 24.7 Å². The number of H-pyrrole nitrogens is 2. The van der Waals surface area contributed by atoms with E-state index in [1.165, 1.54) is 6.33 Å². The minimum atomic E-state index is -0.194. The zero-order valence-corrected chi connectivity index (χ0v) is 12.9. The minimum absolute atomic E-state index is 0. The molecule has 0 aromatic carbocycles. The standard InChI is InChI=1S/C14H11N5OS.ClH/c20-14-18-17-8-19(14)7-11-1-2-12(21-11)10-5-9-3-4-15-13(9)16-6-10;/h1-6,8H,7H2,(H,15,16)(H,18,20);1H. The third-order valence-electron chi connectivity index (χ3n) is 3.29. The SMILES string of the molecule is Cl.O=c1[nH]ncn1Cc1ccc(-c2cnc3[nH]ccc3c2)s1. The quantitative estimate of drug-likeness (QED) is 0.605. The van der Waals surface area contributed by atoms with Crippen LogP contribution in [0.3, 0.4) is 0 Å². The van der Waals surface area contributed by atoms with Gasteiger partial charge in [0, 0.05) is 33.1 Å². The highest BCUT2D eigenvalue weighted by Crippen LogP contribution is 2.29. The van der Waals surface area contributed by atoms with Gasteiger partial charge in [-0.25, -0.2) is 14.9 Å². The maximum atomic E-state index is 11.5. The van der Waals surface area contributed by atoms with Gasteiger partial charge in [-0.05, 0) is 24.3 Å². The Balaban J connectivity index is 0.00000144. The lowest BCUT2D eigenvalue weighted by molar-refractivity contribution is 0.772. The fourth-order valence-corrected chi connectivity index (χ4v) is 3.23. The number of pyridine rings is 1. The highest BCUT2D eigenvalue weighted by atomic mass is 35.5. The molecule has 4 heterocycles. The lowest BCUT2D eigenvalue weighted by Gasteiger charge is -1.98. The zero-order valence-electron chi connectivity index (χ0n) is 11.3. The number of aromatic amines is 2. The fraction of sp³-hybridized carbons (Fsp3) is 0.0714. The smallest absolute Gasteiger partial charge is 0.343 e. The Morgan fingerprint density at radius 1 is 1.27 bits per heavy atom. The molecule has 2 N–H and O–H groups in total. The average molecular weight is 334 g/mol. The normalized spacial score (nSPS) is 10.7. The summed E-state index contributed by atoms with van der Waals surface area (Å²) in [6, 6.07) is 8.20. The summed E-state index contributed by atoms with van der Waals surface area (Å²) in [5, 5.41) is 7.21. The number of nitrogens with one attached hydrogen (secondary N) is 2. The summed E-state index contributed by atoms with van der Waals surface area (Å²) in [5.74, 6) is 0. The molecule has 4 aromatic heterocycles. The molecule has 0 amide bonds. The maximum absolute atomic E-state index is 11.5. The van der Waals surface area contributed by atoms with Gasteiger partial charge in [-0.1, -0.05) is 0 Å². The summed E-state index contributed by atoms with van der Waals surface area (Å²) in [6.07, 6.45) is 5.25. The van der Waals surface area contributed by atoms with Gasteiger partial charge in [0.05, 0.1) is 6.54 Å². The third kappa shape index (κ3) is 2.56. The number of fused-ring (bicyclic) bond motifs is 1. The molecule has 8 heteroatoms. The van der Waals surface area contributed by atoms with Crippen LogP contribution in [0.1, 0.15) is 4.88 Å². The number of hydrogen-bond donors (Lipinski definition) is 2. The largest absolute Gasteiger partial charge is 0.346 e. The fourth-order valence-electron chi connectivity index (χ4n) is 2.24. The Morgan fingerprint density at radius 2 is 2.18 bits per heavy atom. The molecule has 0 aliphatic carbocycles. The van der Waals surface area contributed by atoms with E-state index in [4.69, 9.17) is 0 Å². The second kappa shape index (κ2) is 5.78. The van der Waals surface area contributed by atoms with Gasteiger partial charge in [0.25, 0.3) is 0 Å². The van der Waals surface area contributed by atoms with Gasteiger partial charge < -0.3 is 4.98 Å². The monoisotopic (exact) mass is 333 g/mol. The first-order valence-electron chi connectivity index (χ1n) is 6.41. The number of thiophene rings is 1. The van der Waals surface area contributed by atoms with Gasteiger partial charge in [-0.15, -0.1) is 23.7 Å². The molecule has 22 heavy (non-hydrogen) atoms. The molecule has 0 saturated carbocycles. The van der Waals surface area contributed by atoms with Crippen molar-refractivity contribution in [3.8, 4) is 10.4 Å². The molecule has 0 radical (unpaired) electrons. The van der Waals surface area contributed by atoms with Crippen molar-refractivity contribution in [2.45, 2.75) is 6.54 Å². The Morgan fingerprint density at radius 3 is 3.00 bits per heavy atom. The highest BCUT2D eigenvalue weighted by molar-refractivity contribution is 7.15. The molecular formula is C14H12ClN5OS. The van der Waals surface area contributed by atoms with Crippen LogP contribution >= 0.6 is 23.7 Å². The van der Waals surface area contributed by atoms with E-state index in [2.05, 4.69) is 32.3 Å². The first kappa shape index (κ1) is 14.6. The van der Waals surface area contributed by atoms with Crippen molar-refractivity contribution in [1.82, 2.24) is 24.7 Å². The molecule has 0 unspecified atom stereocenters. The van der Waals surface area contributed by atoms with E-state index >= 15 is 0 Å². The lowest BCUT2D eigenvalue weighted by atomic mass is 10.2. The van der Waals surface area contributed by atoms with E-state index in [0.717, 1.165) is 26.4 Å². The third-order valence-corrected chi connectivity index (χ3v) is 4.41. The Bertz CT molecular complexity index is 967. The number of aromatic nitrogens is 5. The summed E-state index contributed by atoms with van der Waals surface area (Å²) >= 11 is 1.65. The molecule has 0 bridgehead atoms. The van der Waals surface area contributed by atoms with Crippen molar-refractivity contribution in [1.29, 1.82) is 0 Å². The van der Waals surface area contributed by atoms with Gasteiger partial charge in [0.2, 0.25) is 0 Å². The van der Waals surface area contributed by atoms with Crippen LogP contribution in [0.5, 0.6) is 0 Å². The molecule has 6 nitrogen and oxygen atoms in total. The van der Waals surface area contributed by atoms with E-state index in [-0.39, 0.29) is 18.1 Å². The molecule has 0 fully saturated rings. The van der Waals surface area contributed by atoms with Gasteiger partial charge in [-0.2, -0.15) is 5.10 Å². The summed E-state index contributed by atoms with van der Waals surface area (Å²) in [7, 11) is 0. The lowest BCUT2D eigenvalue weighted by Crippen LogP contribution is -2.16. The number of nitrogens with zero attached hydrogens (tertiary/aromatic N) is 3. The van der Waals surface area contributed by atoms with Crippen molar-refractivity contribution >= 4 is 34.8 Å². The Hall–Kier alpha value is -2.38. The van der Waals surface area contributed by atoms with Gasteiger partial charge in [0.15, 0.2) is 0 Å². The Labute approximate surface area is 135 Å². The van der Waals surface area contributed by atoms with Crippen molar-refractivity contribution in [2.75, 3.05) is 0 Å². The van der Waals surface area contributed by atoms with E-state index in [9.17, 15) is 4.79 Å². The van der Waals surface area contributed by atoms with Gasteiger partial charge >= 0.3 is 5.69 Å². The molecule has 0 atom stereocenters. The molecule has 0 spiro atoms. The summed E-state index contributed by atoms with van der Waals surface area (Å²) in [6.45, 7) is 0.528. The molecule has 0 aliphatic heterocycles. The van der Waals surface area contributed by atoms with Crippen molar-refractivity contribution in [3.63, 3.8) is 0 Å². The molecule has 0 saturated heterocycles. The van der Waals surface area contributed by atoms with Crippen LogP contribution < -0.4 is 5.69 Å². The van der Waals surface area contributed by atoms with Crippen LogP contribution in [0, 0.1) is 0 Å². The molecular weight excluding hydrogens is 322 g/mol. The van der Waals surface area contributed by atoms with Crippen molar-refractivity contribution in [2.24, 2.45) is 0 Å². The Kier molecular flexibility index (Phi) is 3.82. The van der Waals surface area contributed by atoms with Crippen LogP contribution in [0.4, 0.5) is 0 Å². The van der Waals surface area contributed by atoms with Crippen LogP contribution in [-0.2, 0) is 6.54 Å². The van der Waals surface area contributed by atoms with E-state index < -0.39 is 0 Å². The minimum Gasteiger partial charge on any atom is -0.346 e. The summed E-state index contributed by atoms with van der Waals surface area (Å²) in [4.78, 5) is 21.2. The van der Waals surface area contributed by atoms with Gasteiger partial charge in [0.1, 0.15) is 12.0 Å². The first-order chi connectivity index (χ1) is 10.3. The molecule has 0 aliphatic rings. The average Bonchev–Trinajstić information content (AvgIpc) is 3.20. The van der Waals surface area contributed by atoms with Crippen molar-refractivity contribution in [3.05, 3.63) is 58.3 Å². The first-order valence-corrected chi connectivity index (χ1v) is 7.23. The van der Waals surface area contributed by atoms with E-state index in [1.54, 1.807) is 15.9 Å². The molecule has 112 valence electrons. The molecule has 4 aromatic rings. The number of hydrogen-bond acceptors (Lipinski definition) is 4. The molecule has 4 rings (SSSR count). The highest BCUT2D eigenvalue weighted by Gasteiger charge is 2.07. The van der Waals surface area contributed by atoms with Gasteiger partial charge in [-0.3, -0.25) is 4.57 Å². The second-order valence-electron chi connectivity index (χ2n) is 4.69. The number of halogens is 1. The van der Waals surface area contributed by atoms with Crippen molar-refractivity contribution < 1.29 is 0 Å². The van der Waals surface area contributed by atoms with E-state index in [1.807, 2.05) is 24.5 Å². The predicted molar refractivity (Wildman–Crippen MR) is 88.6 cm³/mol. The maximum Gasteiger partial charge on any atom is 0.343 e. The predicted octanol–water partition coefficient (Wildman–Crippen LogP) is 2.65. The number of rotatable bonds is 3. The second-order valence-corrected chi connectivity index (χ2v) is 5.86. The van der Waals surface area contributed by atoms with E-state index in [0.29, 0.717) is 6.54 Å². The van der Waals surface area contributed by atoms with Crippen LogP contribution in [0.2, 0.25) is 0 Å². The van der Waals surface area contributed by atoms with Crippen LogP contribution in [0.25, 0.3) is 21.5 Å². The summed E-state index contributed by atoms with van der Waals surface area (Å²) < 4.78 is 1.54. The topological polar surface area (TPSA) is 79.4 Å². The zero-order chi connectivity index (χ0) is 14.2.